The highest BCUT2D eigenvalue weighted by Crippen LogP contribution is 2.30. The number of aromatic nitrogens is 1. The maximum Gasteiger partial charge on any atom is 0.338 e. The molecule has 0 bridgehead atoms. The molecule has 0 unspecified atom stereocenters. The summed E-state index contributed by atoms with van der Waals surface area (Å²) in [6.45, 7) is 3.28. The van der Waals surface area contributed by atoms with Crippen molar-refractivity contribution in [3.63, 3.8) is 0 Å². The quantitative estimate of drug-likeness (QED) is 0.312. The number of carbonyl (C=O) groups is 2. The molecule has 164 valence electrons. The van der Waals surface area contributed by atoms with Crippen LogP contribution in [-0.2, 0) is 4.74 Å². The van der Waals surface area contributed by atoms with Crippen LogP contribution in [0, 0.1) is 27.2 Å². The average molecular weight is 456 g/mol. The number of nitrogens with zero attached hydrogens (tertiary/aromatic N) is 3. The first-order valence-corrected chi connectivity index (χ1v) is 10.1. The SMILES string of the molecule is CCOC(=O)c1cc(C(=O)Nc2nc(-c3ccc(C)c([N+](=O)[O-])c3)cs2)cc([N+](=O)[O-])c1. The highest BCUT2D eigenvalue weighted by atomic mass is 32.1. The van der Waals surface area contributed by atoms with Gasteiger partial charge in [-0.05, 0) is 19.9 Å². The fourth-order valence-electron chi connectivity index (χ4n) is 2.78. The van der Waals surface area contributed by atoms with E-state index in [-0.39, 0.29) is 28.6 Å². The maximum atomic E-state index is 12.6. The minimum atomic E-state index is -0.789. The Bertz CT molecular complexity index is 1240. The Morgan fingerprint density at radius 3 is 2.47 bits per heavy atom. The van der Waals surface area contributed by atoms with Gasteiger partial charge in [0.05, 0.1) is 27.7 Å². The largest absolute Gasteiger partial charge is 0.462 e. The molecule has 0 atom stereocenters. The first kappa shape index (κ1) is 22.5. The Balaban J connectivity index is 1.86. The molecule has 0 aliphatic carbocycles. The molecule has 2 aromatic carbocycles. The summed E-state index contributed by atoms with van der Waals surface area (Å²) in [5, 5.41) is 26.7. The van der Waals surface area contributed by atoms with E-state index < -0.39 is 27.4 Å². The fraction of sp³-hybridized carbons (Fsp3) is 0.150. The van der Waals surface area contributed by atoms with Gasteiger partial charge in [0.2, 0.25) is 0 Å². The van der Waals surface area contributed by atoms with Crippen LogP contribution in [0.15, 0.2) is 41.8 Å². The van der Waals surface area contributed by atoms with Gasteiger partial charge >= 0.3 is 5.97 Å². The second kappa shape index (κ2) is 9.31. The van der Waals surface area contributed by atoms with Crippen molar-refractivity contribution >= 4 is 39.7 Å². The molecule has 3 aromatic rings. The van der Waals surface area contributed by atoms with Gasteiger partial charge in [0.1, 0.15) is 0 Å². The lowest BCUT2D eigenvalue weighted by Crippen LogP contribution is -2.14. The Morgan fingerprint density at radius 1 is 1.09 bits per heavy atom. The summed E-state index contributed by atoms with van der Waals surface area (Å²) in [5.41, 5.74) is 0.684. The standard InChI is InChI=1S/C20H16N4O7S/c1-3-31-19(26)14-6-13(7-15(8-14)23(27)28)18(25)22-20-21-16(10-32-20)12-5-4-11(2)17(9-12)24(29)30/h4-10H,3H2,1-2H3,(H,21,22,25). The lowest BCUT2D eigenvalue weighted by Gasteiger charge is -2.06. The molecular weight excluding hydrogens is 440 g/mol. The Hall–Kier alpha value is -4.19. The molecule has 1 heterocycles. The van der Waals surface area contributed by atoms with Gasteiger partial charge in [0.15, 0.2) is 5.13 Å². The number of nitro groups is 2. The van der Waals surface area contributed by atoms with Crippen LogP contribution in [0.3, 0.4) is 0 Å². The zero-order valence-corrected chi connectivity index (χ0v) is 17.7. The zero-order valence-electron chi connectivity index (χ0n) is 16.9. The zero-order chi connectivity index (χ0) is 23.4. The number of benzene rings is 2. The molecule has 3 rings (SSSR count). The number of anilines is 1. The predicted molar refractivity (Wildman–Crippen MR) is 116 cm³/mol. The maximum absolute atomic E-state index is 12.6. The third-order valence-electron chi connectivity index (χ3n) is 4.33. The Morgan fingerprint density at radius 2 is 1.81 bits per heavy atom. The third-order valence-corrected chi connectivity index (χ3v) is 5.09. The molecule has 0 radical (unpaired) electrons. The van der Waals surface area contributed by atoms with Crippen LogP contribution in [0.2, 0.25) is 0 Å². The molecule has 11 nitrogen and oxygen atoms in total. The molecule has 1 amide bonds. The van der Waals surface area contributed by atoms with E-state index in [0.717, 1.165) is 23.5 Å². The minimum Gasteiger partial charge on any atom is -0.462 e. The lowest BCUT2D eigenvalue weighted by atomic mass is 10.1. The van der Waals surface area contributed by atoms with Gasteiger partial charge in [-0.15, -0.1) is 11.3 Å². The van der Waals surface area contributed by atoms with Crippen molar-refractivity contribution in [3.05, 3.63) is 78.7 Å². The lowest BCUT2D eigenvalue weighted by molar-refractivity contribution is -0.385. The number of non-ortho nitro benzene ring substituents is 1. The number of hydrogen-bond acceptors (Lipinski definition) is 9. The van der Waals surface area contributed by atoms with Crippen LogP contribution in [0.5, 0.6) is 0 Å². The van der Waals surface area contributed by atoms with Gasteiger partial charge in [-0.3, -0.25) is 30.3 Å². The van der Waals surface area contributed by atoms with E-state index in [2.05, 4.69) is 10.3 Å². The third kappa shape index (κ3) is 4.92. The van der Waals surface area contributed by atoms with Crippen molar-refractivity contribution in [1.82, 2.24) is 4.98 Å². The molecule has 0 spiro atoms. The number of ether oxygens (including phenoxy) is 1. The molecule has 0 fully saturated rings. The van der Waals surface area contributed by atoms with E-state index in [9.17, 15) is 29.8 Å². The summed E-state index contributed by atoms with van der Waals surface area (Å²) in [7, 11) is 0. The first-order chi connectivity index (χ1) is 15.2. The summed E-state index contributed by atoms with van der Waals surface area (Å²) in [5.74, 6) is -1.50. The van der Waals surface area contributed by atoms with Gasteiger partial charge in [-0.2, -0.15) is 0 Å². The van der Waals surface area contributed by atoms with E-state index >= 15 is 0 Å². The molecule has 1 N–H and O–H groups in total. The summed E-state index contributed by atoms with van der Waals surface area (Å²) in [4.78, 5) is 50.0. The number of aryl methyl sites for hydroxylation is 1. The number of hydrogen-bond donors (Lipinski definition) is 1. The van der Waals surface area contributed by atoms with Crippen molar-refractivity contribution in [2.75, 3.05) is 11.9 Å². The number of rotatable bonds is 7. The molecule has 0 aliphatic rings. The molecule has 0 saturated carbocycles. The number of thiazole rings is 1. The number of amides is 1. The van der Waals surface area contributed by atoms with Crippen LogP contribution in [0.4, 0.5) is 16.5 Å². The highest BCUT2D eigenvalue weighted by molar-refractivity contribution is 7.14. The van der Waals surface area contributed by atoms with Gasteiger partial charge in [0.25, 0.3) is 17.3 Å². The smallest absolute Gasteiger partial charge is 0.338 e. The number of nitrogens with one attached hydrogen (secondary N) is 1. The Kier molecular flexibility index (Phi) is 6.54. The van der Waals surface area contributed by atoms with Gasteiger partial charge in [-0.1, -0.05) is 12.1 Å². The summed E-state index contributed by atoms with van der Waals surface area (Å²) in [6, 6.07) is 7.93. The van der Waals surface area contributed by atoms with Crippen LogP contribution in [0.25, 0.3) is 11.3 Å². The number of esters is 1. The summed E-state index contributed by atoms with van der Waals surface area (Å²) >= 11 is 1.08. The second-order valence-electron chi connectivity index (χ2n) is 6.50. The summed E-state index contributed by atoms with van der Waals surface area (Å²) < 4.78 is 4.85. The normalized spacial score (nSPS) is 10.4. The van der Waals surface area contributed by atoms with Gasteiger partial charge < -0.3 is 4.74 Å². The monoisotopic (exact) mass is 456 g/mol. The van der Waals surface area contributed by atoms with E-state index in [4.69, 9.17) is 4.74 Å². The van der Waals surface area contributed by atoms with E-state index in [1.807, 2.05) is 0 Å². The molecule has 1 aromatic heterocycles. The van der Waals surface area contributed by atoms with E-state index in [0.29, 0.717) is 16.8 Å². The topological polar surface area (TPSA) is 155 Å². The van der Waals surface area contributed by atoms with Crippen LogP contribution < -0.4 is 5.32 Å². The summed E-state index contributed by atoms with van der Waals surface area (Å²) in [6.07, 6.45) is 0. The fourth-order valence-corrected chi connectivity index (χ4v) is 3.49. The number of nitro benzene ring substituents is 2. The van der Waals surface area contributed by atoms with Crippen LogP contribution in [0.1, 0.15) is 33.2 Å². The van der Waals surface area contributed by atoms with Crippen molar-refractivity contribution in [2.45, 2.75) is 13.8 Å². The van der Waals surface area contributed by atoms with Crippen molar-refractivity contribution in [3.8, 4) is 11.3 Å². The van der Waals surface area contributed by atoms with Crippen LogP contribution in [-0.4, -0.2) is 33.3 Å². The molecule has 12 heteroatoms. The molecule has 0 aliphatic heterocycles. The number of carbonyl (C=O) groups excluding carboxylic acids is 2. The predicted octanol–water partition coefficient (Wildman–Crippen LogP) is 4.36. The van der Waals surface area contributed by atoms with E-state index in [1.54, 1.807) is 31.4 Å². The molecular formula is C20H16N4O7S. The van der Waals surface area contributed by atoms with Crippen molar-refractivity contribution in [2.24, 2.45) is 0 Å². The second-order valence-corrected chi connectivity index (χ2v) is 7.35. The van der Waals surface area contributed by atoms with Gasteiger partial charge in [-0.25, -0.2) is 9.78 Å². The Labute approximate surface area is 185 Å². The minimum absolute atomic E-state index is 0.0517. The van der Waals surface area contributed by atoms with Crippen LogP contribution >= 0.6 is 11.3 Å². The van der Waals surface area contributed by atoms with Crippen molar-refractivity contribution < 1.29 is 24.2 Å². The average Bonchev–Trinajstić information content (AvgIpc) is 3.22. The molecule has 32 heavy (non-hydrogen) atoms. The molecule has 0 saturated heterocycles. The van der Waals surface area contributed by atoms with Crippen molar-refractivity contribution in [1.29, 1.82) is 0 Å². The highest BCUT2D eigenvalue weighted by Gasteiger charge is 2.20. The van der Waals surface area contributed by atoms with E-state index in [1.165, 1.54) is 12.1 Å². The van der Waals surface area contributed by atoms with Gasteiger partial charge in [0, 0.05) is 40.3 Å². The first-order valence-electron chi connectivity index (χ1n) is 9.18.